The molecule has 1 aromatic carbocycles. The average Bonchev–Trinajstić information content (AvgIpc) is 2.43. The van der Waals surface area contributed by atoms with E-state index in [1.807, 2.05) is 6.92 Å². The van der Waals surface area contributed by atoms with E-state index < -0.39 is 11.7 Å². The lowest BCUT2D eigenvalue weighted by Crippen LogP contribution is -2.43. The Hall–Kier alpha value is -1.62. The number of rotatable bonds is 4. The van der Waals surface area contributed by atoms with Crippen LogP contribution in [0.2, 0.25) is 0 Å². The summed E-state index contributed by atoms with van der Waals surface area (Å²) in [5.74, 6) is -0.890. The number of nitrogen functional groups attached to an aromatic ring is 1. The van der Waals surface area contributed by atoms with Crippen LogP contribution in [0.5, 0.6) is 0 Å². The first-order chi connectivity index (χ1) is 9.97. The van der Waals surface area contributed by atoms with Gasteiger partial charge in [-0.15, -0.1) is 0 Å². The van der Waals surface area contributed by atoms with E-state index in [1.165, 1.54) is 31.4 Å². The highest BCUT2D eigenvalue weighted by Gasteiger charge is 2.19. The number of anilines is 1. The van der Waals surface area contributed by atoms with Crippen LogP contribution >= 0.6 is 0 Å². The van der Waals surface area contributed by atoms with Gasteiger partial charge in [0.1, 0.15) is 5.82 Å². The van der Waals surface area contributed by atoms with Crippen molar-refractivity contribution in [2.75, 3.05) is 25.4 Å². The maximum atomic E-state index is 14.0. The zero-order valence-electron chi connectivity index (χ0n) is 12.8. The lowest BCUT2D eigenvalue weighted by molar-refractivity contribution is 0.0921. The van der Waals surface area contributed by atoms with Crippen molar-refractivity contribution in [3.05, 3.63) is 29.1 Å². The van der Waals surface area contributed by atoms with Gasteiger partial charge in [0.25, 0.3) is 5.91 Å². The molecule has 1 aliphatic rings. The Morgan fingerprint density at radius 3 is 2.71 bits per heavy atom. The molecule has 0 spiro atoms. The minimum Gasteiger partial charge on any atom is -0.399 e. The van der Waals surface area contributed by atoms with Crippen molar-refractivity contribution in [1.82, 2.24) is 10.2 Å². The largest absolute Gasteiger partial charge is 0.399 e. The van der Waals surface area contributed by atoms with Crippen LogP contribution in [0.1, 0.15) is 42.1 Å². The van der Waals surface area contributed by atoms with Crippen LogP contribution < -0.4 is 11.1 Å². The third kappa shape index (κ3) is 4.17. The first-order valence-electron chi connectivity index (χ1n) is 7.56. The molecule has 0 bridgehead atoms. The van der Waals surface area contributed by atoms with Gasteiger partial charge in [0.05, 0.1) is 5.56 Å². The molecule has 1 saturated heterocycles. The molecule has 4 nitrogen and oxygen atoms in total. The number of amides is 1. The first kappa shape index (κ1) is 15.8. The molecule has 1 amide bonds. The molecule has 1 aromatic rings. The number of nitrogens with one attached hydrogen (secondary N) is 1. The van der Waals surface area contributed by atoms with Crippen molar-refractivity contribution in [2.45, 2.75) is 39.2 Å². The van der Waals surface area contributed by atoms with Gasteiger partial charge in [-0.3, -0.25) is 4.79 Å². The average molecular weight is 293 g/mol. The molecular weight excluding hydrogens is 269 g/mol. The topological polar surface area (TPSA) is 58.4 Å². The number of aryl methyl sites for hydroxylation is 1. The quantitative estimate of drug-likeness (QED) is 0.838. The van der Waals surface area contributed by atoms with E-state index in [9.17, 15) is 9.18 Å². The van der Waals surface area contributed by atoms with Crippen LogP contribution in [0.3, 0.4) is 0 Å². The molecule has 1 atom stereocenters. The maximum Gasteiger partial charge on any atom is 0.254 e. The third-order valence-electron chi connectivity index (χ3n) is 3.88. The number of nitrogens with two attached hydrogens (primary N) is 1. The maximum absolute atomic E-state index is 14.0. The second-order valence-electron chi connectivity index (χ2n) is 5.94. The zero-order chi connectivity index (χ0) is 15.4. The first-order valence-corrected chi connectivity index (χ1v) is 7.56. The van der Waals surface area contributed by atoms with E-state index in [-0.39, 0.29) is 11.6 Å². The molecule has 21 heavy (non-hydrogen) atoms. The van der Waals surface area contributed by atoms with E-state index in [1.54, 1.807) is 6.92 Å². The Morgan fingerprint density at radius 1 is 1.38 bits per heavy atom. The fourth-order valence-electron chi connectivity index (χ4n) is 2.84. The third-order valence-corrected chi connectivity index (χ3v) is 3.88. The highest BCUT2D eigenvalue weighted by molar-refractivity contribution is 5.95. The van der Waals surface area contributed by atoms with Crippen LogP contribution in [-0.2, 0) is 0 Å². The summed E-state index contributed by atoms with van der Waals surface area (Å²) in [6.45, 7) is 6.51. The monoisotopic (exact) mass is 293 g/mol. The van der Waals surface area contributed by atoms with Gasteiger partial charge < -0.3 is 16.0 Å². The van der Waals surface area contributed by atoms with Gasteiger partial charge in [0, 0.05) is 18.3 Å². The van der Waals surface area contributed by atoms with Crippen LogP contribution in [0, 0.1) is 12.7 Å². The molecule has 1 fully saturated rings. The van der Waals surface area contributed by atoms with Crippen LogP contribution in [0.25, 0.3) is 0 Å². The number of hydrogen-bond acceptors (Lipinski definition) is 3. The van der Waals surface area contributed by atoms with Crippen molar-refractivity contribution >= 4 is 11.6 Å². The molecule has 116 valence electrons. The van der Waals surface area contributed by atoms with Gasteiger partial charge in [-0.1, -0.05) is 6.42 Å². The fourth-order valence-corrected chi connectivity index (χ4v) is 2.84. The molecule has 0 aliphatic carbocycles. The van der Waals surface area contributed by atoms with Gasteiger partial charge in [-0.25, -0.2) is 4.39 Å². The highest BCUT2D eigenvalue weighted by Crippen LogP contribution is 2.17. The van der Waals surface area contributed by atoms with Gasteiger partial charge >= 0.3 is 0 Å². The van der Waals surface area contributed by atoms with E-state index >= 15 is 0 Å². The molecule has 5 heteroatoms. The van der Waals surface area contributed by atoms with Crippen molar-refractivity contribution in [3.63, 3.8) is 0 Å². The summed E-state index contributed by atoms with van der Waals surface area (Å²) in [4.78, 5) is 14.5. The number of carbonyl (C=O) groups is 1. The van der Waals surface area contributed by atoms with Crippen LogP contribution in [-0.4, -0.2) is 36.5 Å². The zero-order valence-corrected chi connectivity index (χ0v) is 12.8. The Bertz CT molecular complexity index is 512. The predicted molar refractivity (Wildman–Crippen MR) is 82.8 cm³/mol. The molecule has 1 aliphatic heterocycles. The molecule has 1 unspecified atom stereocenters. The van der Waals surface area contributed by atoms with Crippen LogP contribution in [0.4, 0.5) is 10.1 Å². The molecule has 0 saturated carbocycles. The van der Waals surface area contributed by atoms with Gasteiger partial charge in [-0.2, -0.15) is 0 Å². The molecule has 0 aromatic heterocycles. The number of carbonyl (C=O) groups excluding carboxylic acids is 1. The fraction of sp³-hybridized carbons (Fsp3) is 0.562. The normalized spacial score (nSPS) is 17.5. The van der Waals surface area contributed by atoms with Crippen molar-refractivity contribution in [1.29, 1.82) is 0 Å². The van der Waals surface area contributed by atoms with Gasteiger partial charge in [0.2, 0.25) is 0 Å². The number of likely N-dealkylation sites (tertiary alicyclic amines) is 1. The Labute approximate surface area is 125 Å². The number of hydrogen-bond donors (Lipinski definition) is 2. The van der Waals surface area contributed by atoms with E-state index in [0.29, 0.717) is 11.3 Å². The summed E-state index contributed by atoms with van der Waals surface area (Å²) in [5, 5.41) is 2.86. The molecule has 3 N–H and O–H groups in total. The minimum atomic E-state index is -0.494. The highest BCUT2D eigenvalue weighted by atomic mass is 19.1. The van der Waals surface area contributed by atoms with Crippen LogP contribution in [0.15, 0.2) is 12.1 Å². The predicted octanol–water partition coefficient (Wildman–Crippen LogP) is 2.32. The summed E-state index contributed by atoms with van der Waals surface area (Å²) in [6, 6.07) is 2.91. The summed E-state index contributed by atoms with van der Waals surface area (Å²) >= 11 is 0. The molecular formula is C16H24FN3O. The molecule has 2 rings (SSSR count). The molecule has 0 radical (unpaired) electrons. The summed E-state index contributed by atoms with van der Waals surface area (Å²) in [7, 11) is 0. The Morgan fingerprint density at radius 2 is 2.05 bits per heavy atom. The van der Waals surface area contributed by atoms with Gasteiger partial charge in [-0.05, 0) is 57.5 Å². The Kier molecular flexibility index (Phi) is 5.17. The van der Waals surface area contributed by atoms with Crippen molar-refractivity contribution < 1.29 is 9.18 Å². The van der Waals surface area contributed by atoms with Gasteiger partial charge in [0.15, 0.2) is 0 Å². The second-order valence-corrected chi connectivity index (χ2v) is 5.94. The number of benzene rings is 1. The van der Waals surface area contributed by atoms with E-state index in [0.717, 1.165) is 19.6 Å². The smallest absolute Gasteiger partial charge is 0.254 e. The SMILES string of the molecule is Cc1cc(N)cc(C(=O)NC(C)CN2CCCCC2)c1F. The van der Waals surface area contributed by atoms with E-state index in [4.69, 9.17) is 5.73 Å². The second kappa shape index (κ2) is 6.89. The van der Waals surface area contributed by atoms with Crippen molar-refractivity contribution in [2.24, 2.45) is 0 Å². The summed E-state index contributed by atoms with van der Waals surface area (Å²) in [5.41, 5.74) is 6.52. The summed E-state index contributed by atoms with van der Waals surface area (Å²) < 4.78 is 14.0. The lowest BCUT2D eigenvalue weighted by atomic mass is 10.1. The summed E-state index contributed by atoms with van der Waals surface area (Å²) in [6.07, 6.45) is 3.71. The number of piperidine rings is 1. The molecule has 1 heterocycles. The minimum absolute atomic E-state index is 0.0169. The van der Waals surface area contributed by atoms with E-state index in [2.05, 4.69) is 10.2 Å². The number of nitrogens with zero attached hydrogens (tertiary/aromatic N) is 1. The standard InChI is InChI=1S/C16H24FN3O/c1-11-8-13(18)9-14(15(11)17)16(21)19-12(2)10-20-6-4-3-5-7-20/h8-9,12H,3-7,10,18H2,1-2H3,(H,19,21). The Balaban J connectivity index is 1.97. The number of halogens is 1. The lowest BCUT2D eigenvalue weighted by Gasteiger charge is -2.29. The van der Waals surface area contributed by atoms with Crippen molar-refractivity contribution in [3.8, 4) is 0 Å².